The van der Waals surface area contributed by atoms with Gasteiger partial charge >= 0.3 is 0 Å². The molecule has 0 saturated carbocycles. The molecular formula is C20H21F2N5. The largest absolute Gasteiger partial charge is 0.372 e. The quantitative estimate of drug-likeness (QED) is 0.608. The Morgan fingerprint density at radius 1 is 0.852 bits per heavy atom. The molecule has 3 aromatic rings. The topological polar surface area (TPSA) is 53.1 Å². The van der Waals surface area contributed by atoms with Crippen LogP contribution in [-0.2, 0) is 0 Å². The average molecular weight is 369 g/mol. The van der Waals surface area contributed by atoms with E-state index in [1.165, 1.54) is 24.5 Å². The molecule has 2 aromatic carbocycles. The monoisotopic (exact) mass is 369 g/mol. The van der Waals surface area contributed by atoms with Crippen molar-refractivity contribution in [2.75, 3.05) is 28.6 Å². The van der Waals surface area contributed by atoms with E-state index < -0.39 is 11.6 Å². The molecule has 1 heterocycles. The van der Waals surface area contributed by atoms with Crippen LogP contribution in [0.1, 0.15) is 13.8 Å². The van der Waals surface area contributed by atoms with E-state index >= 15 is 0 Å². The van der Waals surface area contributed by atoms with Crippen molar-refractivity contribution in [3.63, 3.8) is 0 Å². The van der Waals surface area contributed by atoms with Crippen molar-refractivity contribution in [1.29, 1.82) is 0 Å². The first-order valence-electron chi connectivity index (χ1n) is 8.75. The van der Waals surface area contributed by atoms with E-state index in [2.05, 4.69) is 39.3 Å². The maximum atomic E-state index is 13.8. The average Bonchev–Trinajstić information content (AvgIpc) is 2.67. The summed E-state index contributed by atoms with van der Waals surface area (Å²) in [7, 11) is 0. The lowest BCUT2D eigenvalue weighted by molar-refractivity contribution is 0.590. The molecule has 2 N–H and O–H groups in total. The predicted molar refractivity (Wildman–Crippen MR) is 105 cm³/mol. The standard InChI is InChI=1S/C20H21F2N5/c1-3-27(4-2)15-10-8-14(9-11-15)25-18-12-19(24-13-23-18)26-20-16(21)6-5-7-17(20)22/h5-13H,3-4H2,1-2H3,(H2,23,24,25,26). The van der Waals surface area contributed by atoms with Crippen molar-refractivity contribution in [3.05, 3.63) is 66.5 Å². The third kappa shape index (κ3) is 4.49. The van der Waals surface area contributed by atoms with Crippen LogP contribution in [0.2, 0.25) is 0 Å². The number of halogens is 2. The van der Waals surface area contributed by atoms with Crippen LogP contribution in [-0.4, -0.2) is 23.1 Å². The second-order valence-corrected chi connectivity index (χ2v) is 5.85. The second-order valence-electron chi connectivity index (χ2n) is 5.85. The Bertz CT molecular complexity index is 875. The molecule has 0 aliphatic heterocycles. The molecule has 0 aliphatic carbocycles. The zero-order valence-electron chi connectivity index (χ0n) is 15.2. The third-order valence-corrected chi connectivity index (χ3v) is 4.15. The number of anilines is 5. The molecule has 0 bridgehead atoms. The number of rotatable bonds is 7. The molecule has 7 heteroatoms. The maximum Gasteiger partial charge on any atom is 0.149 e. The Hall–Kier alpha value is -3.22. The highest BCUT2D eigenvalue weighted by Gasteiger charge is 2.10. The molecule has 0 fully saturated rings. The van der Waals surface area contributed by atoms with Gasteiger partial charge in [-0.1, -0.05) is 6.07 Å². The number of hydrogen-bond donors (Lipinski definition) is 2. The molecule has 5 nitrogen and oxygen atoms in total. The van der Waals surface area contributed by atoms with Crippen LogP contribution in [0.4, 0.5) is 37.5 Å². The van der Waals surface area contributed by atoms with Gasteiger partial charge in [0.1, 0.15) is 35.3 Å². The molecule has 0 spiro atoms. The molecule has 0 aliphatic rings. The van der Waals surface area contributed by atoms with Crippen LogP contribution in [0.25, 0.3) is 0 Å². The Balaban J connectivity index is 1.74. The fourth-order valence-corrected chi connectivity index (χ4v) is 2.73. The van der Waals surface area contributed by atoms with Gasteiger partial charge in [-0.05, 0) is 50.2 Å². The first kappa shape index (κ1) is 18.6. The lowest BCUT2D eigenvalue weighted by Crippen LogP contribution is -2.21. The molecule has 0 saturated heterocycles. The minimum absolute atomic E-state index is 0.245. The van der Waals surface area contributed by atoms with Crippen LogP contribution < -0.4 is 15.5 Å². The number of benzene rings is 2. The molecule has 0 amide bonds. The molecule has 1 aromatic heterocycles. The molecular weight excluding hydrogens is 348 g/mol. The summed E-state index contributed by atoms with van der Waals surface area (Å²) >= 11 is 0. The summed E-state index contributed by atoms with van der Waals surface area (Å²) in [4.78, 5) is 10.4. The third-order valence-electron chi connectivity index (χ3n) is 4.15. The lowest BCUT2D eigenvalue weighted by Gasteiger charge is -2.21. The van der Waals surface area contributed by atoms with E-state index in [0.29, 0.717) is 5.82 Å². The predicted octanol–water partition coefficient (Wildman–Crippen LogP) is 5.09. The van der Waals surface area contributed by atoms with Crippen molar-refractivity contribution >= 4 is 28.7 Å². The van der Waals surface area contributed by atoms with Crippen LogP contribution in [0.3, 0.4) is 0 Å². The van der Waals surface area contributed by atoms with Crippen LogP contribution in [0.5, 0.6) is 0 Å². The highest BCUT2D eigenvalue weighted by Crippen LogP contribution is 2.24. The summed E-state index contributed by atoms with van der Waals surface area (Å²) in [5, 5.41) is 5.82. The Morgan fingerprint density at radius 2 is 1.44 bits per heavy atom. The van der Waals surface area contributed by atoms with E-state index in [0.717, 1.165) is 24.5 Å². The minimum Gasteiger partial charge on any atom is -0.372 e. The van der Waals surface area contributed by atoms with Crippen LogP contribution in [0.15, 0.2) is 54.9 Å². The fourth-order valence-electron chi connectivity index (χ4n) is 2.73. The number of nitrogens with zero attached hydrogens (tertiary/aromatic N) is 3. The second kappa shape index (κ2) is 8.44. The zero-order valence-corrected chi connectivity index (χ0v) is 15.2. The van der Waals surface area contributed by atoms with Crippen molar-refractivity contribution in [1.82, 2.24) is 9.97 Å². The Labute approximate surface area is 157 Å². The van der Waals surface area contributed by atoms with Gasteiger partial charge in [-0.2, -0.15) is 0 Å². The van der Waals surface area contributed by atoms with E-state index in [1.807, 2.05) is 24.3 Å². The summed E-state index contributed by atoms with van der Waals surface area (Å²) in [6.07, 6.45) is 1.33. The number of para-hydroxylation sites is 1. The van der Waals surface area contributed by atoms with Crippen molar-refractivity contribution in [2.24, 2.45) is 0 Å². The first-order chi connectivity index (χ1) is 13.1. The number of nitrogens with one attached hydrogen (secondary N) is 2. The summed E-state index contributed by atoms with van der Waals surface area (Å²) in [6, 6.07) is 13.2. The van der Waals surface area contributed by atoms with Crippen LogP contribution in [0, 0.1) is 11.6 Å². The Morgan fingerprint density at radius 3 is 2.04 bits per heavy atom. The highest BCUT2D eigenvalue weighted by atomic mass is 19.1. The van der Waals surface area contributed by atoms with Gasteiger partial charge in [0.15, 0.2) is 0 Å². The fraction of sp³-hybridized carbons (Fsp3) is 0.200. The van der Waals surface area contributed by atoms with Gasteiger partial charge < -0.3 is 15.5 Å². The normalized spacial score (nSPS) is 10.5. The highest BCUT2D eigenvalue weighted by molar-refractivity contribution is 5.65. The number of aromatic nitrogens is 2. The minimum atomic E-state index is -0.685. The van der Waals surface area contributed by atoms with Gasteiger partial charge in [0, 0.05) is 30.5 Å². The Kier molecular flexibility index (Phi) is 5.80. The molecule has 0 unspecified atom stereocenters. The zero-order chi connectivity index (χ0) is 19.2. The smallest absolute Gasteiger partial charge is 0.149 e. The summed E-state index contributed by atoms with van der Waals surface area (Å²) in [5.74, 6) is -0.568. The van der Waals surface area contributed by atoms with Gasteiger partial charge in [-0.25, -0.2) is 18.7 Å². The maximum absolute atomic E-state index is 13.8. The van der Waals surface area contributed by atoms with Gasteiger partial charge in [0.05, 0.1) is 0 Å². The first-order valence-corrected chi connectivity index (χ1v) is 8.75. The summed E-state index contributed by atoms with van der Waals surface area (Å²) in [6.45, 7) is 6.11. The summed E-state index contributed by atoms with van der Waals surface area (Å²) < 4.78 is 27.6. The van der Waals surface area contributed by atoms with Crippen molar-refractivity contribution in [3.8, 4) is 0 Å². The van der Waals surface area contributed by atoms with Gasteiger partial charge in [-0.3, -0.25) is 0 Å². The van der Waals surface area contributed by atoms with E-state index in [4.69, 9.17) is 0 Å². The molecule has 27 heavy (non-hydrogen) atoms. The lowest BCUT2D eigenvalue weighted by atomic mass is 10.2. The SMILES string of the molecule is CCN(CC)c1ccc(Nc2cc(Nc3c(F)cccc3F)ncn2)cc1. The van der Waals surface area contributed by atoms with E-state index in [-0.39, 0.29) is 11.5 Å². The van der Waals surface area contributed by atoms with Crippen molar-refractivity contribution in [2.45, 2.75) is 13.8 Å². The van der Waals surface area contributed by atoms with Crippen molar-refractivity contribution < 1.29 is 8.78 Å². The molecule has 3 rings (SSSR count). The molecule has 140 valence electrons. The van der Waals surface area contributed by atoms with E-state index in [9.17, 15) is 8.78 Å². The van der Waals surface area contributed by atoms with Gasteiger partial charge in [0.25, 0.3) is 0 Å². The molecule has 0 radical (unpaired) electrons. The van der Waals surface area contributed by atoms with E-state index in [1.54, 1.807) is 6.07 Å². The van der Waals surface area contributed by atoms with Gasteiger partial charge in [-0.15, -0.1) is 0 Å². The van der Waals surface area contributed by atoms with Crippen LogP contribution >= 0.6 is 0 Å². The molecule has 0 atom stereocenters. The number of hydrogen-bond acceptors (Lipinski definition) is 5. The summed E-state index contributed by atoms with van der Waals surface area (Å²) in [5.41, 5.74) is 1.75. The van der Waals surface area contributed by atoms with Gasteiger partial charge in [0.2, 0.25) is 0 Å².